The Bertz CT molecular complexity index is 1140. The molecule has 0 unspecified atom stereocenters. The fourth-order valence-electron chi connectivity index (χ4n) is 4.57. The van der Waals surface area contributed by atoms with Gasteiger partial charge in [-0.05, 0) is 47.5 Å². The van der Waals surface area contributed by atoms with Gasteiger partial charge >= 0.3 is 0 Å². The maximum absolute atomic E-state index is 12.6. The molecule has 1 saturated carbocycles. The van der Waals surface area contributed by atoms with E-state index >= 15 is 0 Å². The number of carbonyl (C=O) groups excluding carboxylic acids is 2. The fourth-order valence-corrected chi connectivity index (χ4v) is 4.57. The average molecular weight is 428 g/mol. The van der Waals surface area contributed by atoms with Gasteiger partial charge in [-0.1, -0.05) is 50.2 Å². The molecule has 32 heavy (non-hydrogen) atoms. The Morgan fingerprint density at radius 1 is 0.812 bits per heavy atom. The maximum Gasteiger partial charge on any atom is 0.261 e. The Morgan fingerprint density at radius 3 is 1.84 bits per heavy atom. The first kappa shape index (κ1) is 20.3. The van der Waals surface area contributed by atoms with Gasteiger partial charge < -0.3 is 9.84 Å². The Labute approximate surface area is 187 Å². The van der Waals surface area contributed by atoms with Crippen molar-refractivity contribution in [3.05, 3.63) is 95.1 Å². The Balaban J connectivity index is 1.21. The minimum atomic E-state index is -0.209. The molecule has 0 atom stereocenters. The molecular weight excluding hydrogens is 402 g/mol. The fraction of sp³-hybridized carbons (Fsp3) is 0.259. The lowest BCUT2D eigenvalue weighted by molar-refractivity contribution is 0.0198. The van der Waals surface area contributed by atoms with Crippen LogP contribution in [0.5, 0.6) is 11.5 Å². The topological polar surface area (TPSA) is 66.8 Å². The predicted octanol–water partition coefficient (Wildman–Crippen LogP) is 4.92. The number of phenolic OH excluding ortho intramolecular Hbond substituents is 1. The molecule has 1 aliphatic carbocycles. The number of imide groups is 1. The molecule has 0 aromatic heterocycles. The van der Waals surface area contributed by atoms with Gasteiger partial charge in [0.15, 0.2) is 0 Å². The van der Waals surface area contributed by atoms with Crippen molar-refractivity contribution in [3.8, 4) is 11.5 Å². The van der Waals surface area contributed by atoms with E-state index < -0.39 is 0 Å². The summed E-state index contributed by atoms with van der Waals surface area (Å²) in [7, 11) is 0. The van der Waals surface area contributed by atoms with Crippen molar-refractivity contribution >= 4 is 11.8 Å². The summed E-state index contributed by atoms with van der Waals surface area (Å²) in [6.07, 6.45) is 1.28. The second kappa shape index (κ2) is 7.52. The number of rotatable bonds is 5. The van der Waals surface area contributed by atoms with Crippen molar-refractivity contribution in [2.24, 2.45) is 0 Å². The van der Waals surface area contributed by atoms with E-state index in [1.54, 1.807) is 36.4 Å². The van der Waals surface area contributed by atoms with Gasteiger partial charge in [-0.15, -0.1) is 0 Å². The number of ether oxygens (including phenoxy) is 1. The van der Waals surface area contributed by atoms with Crippen LogP contribution in [0.25, 0.3) is 0 Å². The third-order valence-electron chi connectivity index (χ3n) is 6.73. The summed E-state index contributed by atoms with van der Waals surface area (Å²) < 4.78 is 6.09. The Morgan fingerprint density at radius 2 is 1.31 bits per heavy atom. The summed E-state index contributed by atoms with van der Waals surface area (Å²) in [6, 6.07) is 22.2. The van der Waals surface area contributed by atoms with E-state index in [-0.39, 0.29) is 35.1 Å². The van der Waals surface area contributed by atoms with Gasteiger partial charge in [0.05, 0.1) is 11.1 Å². The van der Waals surface area contributed by atoms with Crippen LogP contribution in [0.2, 0.25) is 0 Å². The molecule has 0 radical (unpaired) electrons. The highest BCUT2D eigenvalue weighted by atomic mass is 16.5. The molecule has 2 amide bonds. The number of carbonyl (C=O) groups is 2. The van der Waals surface area contributed by atoms with Crippen molar-refractivity contribution in [2.75, 3.05) is 0 Å². The van der Waals surface area contributed by atoms with Crippen LogP contribution in [-0.2, 0) is 5.41 Å². The molecule has 0 spiro atoms. The van der Waals surface area contributed by atoms with Gasteiger partial charge in [0.1, 0.15) is 17.6 Å². The molecular formula is C27H25NO4. The van der Waals surface area contributed by atoms with Gasteiger partial charge in [0, 0.05) is 24.3 Å². The van der Waals surface area contributed by atoms with Gasteiger partial charge in [-0.25, -0.2) is 0 Å². The molecule has 1 N–H and O–H groups in total. The largest absolute Gasteiger partial charge is 0.508 e. The molecule has 1 aliphatic heterocycles. The van der Waals surface area contributed by atoms with Gasteiger partial charge in [0.25, 0.3) is 11.8 Å². The molecule has 0 bridgehead atoms. The van der Waals surface area contributed by atoms with Crippen LogP contribution >= 0.6 is 0 Å². The van der Waals surface area contributed by atoms with E-state index in [2.05, 4.69) is 26.0 Å². The molecule has 5 heteroatoms. The van der Waals surface area contributed by atoms with Crippen molar-refractivity contribution in [1.29, 1.82) is 0 Å². The molecule has 3 aromatic rings. The van der Waals surface area contributed by atoms with Crippen LogP contribution in [0, 0.1) is 0 Å². The predicted molar refractivity (Wildman–Crippen MR) is 121 cm³/mol. The van der Waals surface area contributed by atoms with Crippen molar-refractivity contribution in [2.45, 2.75) is 44.2 Å². The minimum Gasteiger partial charge on any atom is -0.508 e. The summed E-state index contributed by atoms with van der Waals surface area (Å²) in [5.41, 5.74) is 3.04. The SMILES string of the molecule is CC(C)(c1ccc(O)cc1)c1ccc(OC2CC(N3C(=O)c4ccccc4C3=O)C2)cc1. The Hall–Kier alpha value is -3.60. The van der Waals surface area contributed by atoms with Crippen LogP contribution in [0.15, 0.2) is 72.8 Å². The van der Waals surface area contributed by atoms with E-state index in [1.165, 1.54) is 4.90 Å². The number of aromatic hydroxyl groups is 1. The number of amides is 2. The smallest absolute Gasteiger partial charge is 0.261 e. The van der Waals surface area contributed by atoms with E-state index in [1.807, 2.05) is 24.3 Å². The number of nitrogens with zero attached hydrogens (tertiary/aromatic N) is 1. The first-order valence-corrected chi connectivity index (χ1v) is 10.9. The molecule has 2 aliphatic rings. The zero-order valence-corrected chi connectivity index (χ0v) is 18.1. The summed E-state index contributed by atoms with van der Waals surface area (Å²) >= 11 is 0. The molecule has 1 fully saturated rings. The lowest BCUT2D eigenvalue weighted by atomic mass is 9.78. The highest BCUT2D eigenvalue weighted by molar-refractivity contribution is 6.21. The quantitative estimate of drug-likeness (QED) is 0.587. The lowest BCUT2D eigenvalue weighted by Gasteiger charge is -2.39. The molecule has 1 heterocycles. The molecule has 162 valence electrons. The summed E-state index contributed by atoms with van der Waals surface area (Å²) in [5.74, 6) is 0.638. The van der Waals surface area contributed by atoms with Gasteiger partial charge in [-0.3, -0.25) is 14.5 Å². The average Bonchev–Trinajstić information content (AvgIpc) is 3.01. The third kappa shape index (κ3) is 3.34. The van der Waals surface area contributed by atoms with Crippen molar-refractivity contribution in [3.63, 3.8) is 0 Å². The van der Waals surface area contributed by atoms with Gasteiger partial charge in [0.2, 0.25) is 0 Å². The minimum absolute atomic E-state index is 0.0136. The zero-order valence-electron chi connectivity index (χ0n) is 18.1. The van der Waals surface area contributed by atoms with Crippen LogP contribution in [0.3, 0.4) is 0 Å². The number of hydrogen-bond acceptors (Lipinski definition) is 4. The highest BCUT2D eigenvalue weighted by Crippen LogP contribution is 2.37. The van der Waals surface area contributed by atoms with Crippen LogP contribution < -0.4 is 4.74 Å². The number of hydrogen-bond donors (Lipinski definition) is 1. The normalized spacial score (nSPS) is 20.1. The summed E-state index contributed by atoms with van der Waals surface area (Å²) in [4.78, 5) is 26.6. The maximum atomic E-state index is 12.6. The monoisotopic (exact) mass is 427 g/mol. The first-order chi connectivity index (χ1) is 15.3. The van der Waals surface area contributed by atoms with E-state index in [9.17, 15) is 14.7 Å². The third-order valence-corrected chi connectivity index (χ3v) is 6.73. The first-order valence-electron chi connectivity index (χ1n) is 10.9. The second-order valence-corrected chi connectivity index (χ2v) is 9.09. The Kier molecular flexibility index (Phi) is 4.77. The zero-order chi connectivity index (χ0) is 22.5. The molecule has 5 rings (SSSR count). The van der Waals surface area contributed by atoms with Crippen molar-refractivity contribution < 1.29 is 19.4 Å². The van der Waals surface area contributed by atoms with Gasteiger partial charge in [-0.2, -0.15) is 0 Å². The lowest BCUT2D eigenvalue weighted by Crippen LogP contribution is -2.51. The summed E-state index contributed by atoms with van der Waals surface area (Å²) in [5, 5.41) is 9.55. The number of benzene rings is 3. The van der Waals surface area contributed by atoms with Crippen LogP contribution in [0.4, 0.5) is 0 Å². The van der Waals surface area contributed by atoms with Crippen LogP contribution in [0.1, 0.15) is 58.5 Å². The standard InChI is InChI=1S/C27H25NO4/c1-27(2,17-7-11-20(29)12-8-17)18-9-13-21(14-10-18)32-22-15-19(16-22)28-25(30)23-5-3-4-6-24(23)26(28)31/h3-14,19,22,29H,15-16H2,1-2H3. The van der Waals surface area contributed by atoms with E-state index in [0.29, 0.717) is 24.0 Å². The summed E-state index contributed by atoms with van der Waals surface area (Å²) in [6.45, 7) is 4.29. The molecule has 0 saturated heterocycles. The van der Waals surface area contributed by atoms with Crippen molar-refractivity contribution in [1.82, 2.24) is 4.90 Å². The number of phenols is 1. The van der Waals surface area contributed by atoms with E-state index in [0.717, 1.165) is 16.9 Å². The highest BCUT2D eigenvalue weighted by Gasteiger charge is 2.45. The number of fused-ring (bicyclic) bond motifs is 1. The molecule has 3 aromatic carbocycles. The molecule has 5 nitrogen and oxygen atoms in total. The van der Waals surface area contributed by atoms with Crippen LogP contribution in [-0.4, -0.2) is 34.0 Å². The second-order valence-electron chi connectivity index (χ2n) is 9.09. The van der Waals surface area contributed by atoms with E-state index in [4.69, 9.17) is 4.74 Å².